The van der Waals surface area contributed by atoms with Crippen LogP contribution in [0.25, 0.3) is 11.3 Å². The van der Waals surface area contributed by atoms with Crippen LogP contribution in [0.5, 0.6) is 0 Å². The third kappa shape index (κ3) is 3.91. The van der Waals surface area contributed by atoms with Crippen LogP contribution < -0.4 is 5.32 Å². The second-order valence-electron chi connectivity index (χ2n) is 7.68. The lowest BCUT2D eigenvalue weighted by Gasteiger charge is -2.27. The van der Waals surface area contributed by atoms with E-state index in [4.69, 9.17) is 16.6 Å². The minimum atomic E-state index is -0.413. The number of nitro groups is 1. The summed E-state index contributed by atoms with van der Waals surface area (Å²) in [6.45, 7) is 5.09. The van der Waals surface area contributed by atoms with Crippen molar-refractivity contribution in [3.05, 3.63) is 82.4 Å². The Morgan fingerprint density at radius 2 is 1.97 bits per heavy atom. The number of aromatic nitrogens is 1. The standard InChI is InChI=1S/C22H22N4O3S/c1-14(2)13-25-21(20(24-22(25)30)17-5-3-4-12-23-17)19-11-10-18(29-19)15-6-8-16(9-7-15)26(27)28/h3-12,14,20-21H,13H2,1-2H3,(H,24,30). The Morgan fingerprint density at radius 3 is 2.60 bits per heavy atom. The first-order valence-corrected chi connectivity index (χ1v) is 10.2. The maximum atomic E-state index is 10.9. The summed E-state index contributed by atoms with van der Waals surface area (Å²) in [5.74, 6) is 1.84. The van der Waals surface area contributed by atoms with Gasteiger partial charge in [-0.05, 0) is 54.5 Å². The van der Waals surface area contributed by atoms with Gasteiger partial charge in [-0.25, -0.2) is 0 Å². The number of nitrogens with zero attached hydrogens (tertiary/aromatic N) is 3. The lowest BCUT2D eigenvalue weighted by atomic mass is 10.0. The Kier molecular flexibility index (Phi) is 5.50. The van der Waals surface area contributed by atoms with Gasteiger partial charge in [0.05, 0.1) is 16.7 Å². The smallest absolute Gasteiger partial charge is 0.269 e. The molecule has 2 unspecified atom stereocenters. The van der Waals surface area contributed by atoms with Crippen molar-refractivity contribution >= 4 is 23.0 Å². The molecule has 3 heterocycles. The number of nitro benzene ring substituents is 1. The zero-order valence-corrected chi connectivity index (χ0v) is 17.5. The summed E-state index contributed by atoms with van der Waals surface area (Å²) in [6, 6.07) is 15.7. The van der Waals surface area contributed by atoms with E-state index in [1.54, 1.807) is 18.3 Å². The third-order valence-corrected chi connectivity index (χ3v) is 5.39. The van der Waals surface area contributed by atoms with Gasteiger partial charge in [-0.15, -0.1) is 0 Å². The van der Waals surface area contributed by atoms with Gasteiger partial charge >= 0.3 is 0 Å². The molecule has 7 nitrogen and oxygen atoms in total. The van der Waals surface area contributed by atoms with E-state index in [0.717, 1.165) is 23.6 Å². The number of thiocarbonyl (C=S) groups is 1. The molecule has 2 atom stereocenters. The monoisotopic (exact) mass is 422 g/mol. The summed E-state index contributed by atoms with van der Waals surface area (Å²) in [6.07, 6.45) is 1.77. The molecule has 1 aliphatic rings. The number of hydrogen-bond acceptors (Lipinski definition) is 5. The van der Waals surface area contributed by atoms with E-state index in [1.165, 1.54) is 12.1 Å². The number of nitrogens with one attached hydrogen (secondary N) is 1. The molecular weight excluding hydrogens is 400 g/mol. The Balaban J connectivity index is 1.69. The van der Waals surface area contributed by atoms with E-state index < -0.39 is 4.92 Å². The third-order valence-electron chi connectivity index (χ3n) is 5.04. The zero-order valence-electron chi connectivity index (χ0n) is 16.7. The lowest BCUT2D eigenvalue weighted by molar-refractivity contribution is -0.384. The minimum absolute atomic E-state index is 0.0502. The van der Waals surface area contributed by atoms with Gasteiger partial charge in [-0.2, -0.15) is 0 Å². The maximum absolute atomic E-state index is 10.9. The topological polar surface area (TPSA) is 84.4 Å². The second-order valence-corrected chi connectivity index (χ2v) is 8.07. The molecule has 154 valence electrons. The highest BCUT2D eigenvalue weighted by molar-refractivity contribution is 7.80. The number of non-ortho nitro benzene ring substituents is 1. The predicted octanol–water partition coefficient (Wildman–Crippen LogP) is 4.88. The van der Waals surface area contributed by atoms with Crippen molar-refractivity contribution in [2.45, 2.75) is 25.9 Å². The van der Waals surface area contributed by atoms with Crippen molar-refractivity contribution in [2.75, 3.05) is 6.54 Å². The summed E-state index contributed by atoms with van der Waals surface area (Å²) in [7, 11) is 0. The Bertz CT molecular complexity index is 1050. The van der Waals surface area contributed by atoms with E-state index in [2.05, 4.69) is 29.0 Å². The van der Waals surface area contributed by atoms with Gasteiger partial charge in [0.1, 0.15) is 17.6 Å². The first-order chi connectivity index (χ1) is 14.4. The summed E-state index contributed by atoms with van der Waals surface area (Å²) >= 11 is 5.63. The predicted molar refractivity (Wildman–Crippen MR) is 118 cm³/mol. The van der Waals surface area contributed by atoms with Crippen molar-refractivity contribution in [1.82, 2.24) is 15.2 Å². The van der Waals surface area contributed by atoms with Gasteiger partial charge in [0.2, 0.25) is 0 Å². The van der Waals surface area contributed by atoms with Crippen LogP contribution in [0.15, 0.2) is 65.2 Å². The van der Waals surface area contributed by atoms with Gasteiger partial charge in [0.25, 0.3) is 5.69 Å². The summed E-state index contributed by atoms with van der Waals surface area (Å²) in [5, 5.41) is 15.0. The van der Waals surface area contributed by atoms with Gasteiger partial charge < -0.3 is 14.6 Å². The second kappa shape index (κ2) is 8.23. The summed E-state index contributed by atoms with van der Waals surface area (Å²) in [5.41, 5.74) is 1.73. The number of benzene rings is 1. The molecule has 0 bridgehead atoms. The Morgan fingerprint density at radius 1 is 1.20 bits per heavy atom. The van der Waals surface area contributed by atoms with Crippen molar-refractivity contribution in [3.63, 3.8) is 0 Å². The molecule has 8 heteroatoms. The molecule has 0 spiro atoms. The van der Waals surface area contributed by atoms with Crippen LogP contribution in [0.1, 0.15) is 37.4 Å². The highest BCUT2D eigenvalue weighted by Gasteiger charge is 2.41. The maximum Gasteiger partial charge on any atom is 0.269 e. The van der Waals surface area contributed by atoms with Crippen molar-refractivity contribution in [1.29, 1.82) is 0 Å². The van der Waals surface area contributed by atoms with Crippen LogP contribution in [0.3, 0.4) is 0 Å². The molecule has 3 aromatic rings. The molecule has 1 saturated heterocycles. The molecule has 0 radical (unpaired) electrons. The molecule has 30 heavy (non-hydrogen) atoms. The van der Waals surface area contributed by atoms with Gasteiger partial charge in [-0.1, -0.05) is 19.9 Å². The van der Waals surface area contributed by atoms with E-state index in [-0.39, 0.29) is 17.8 Å². The minimum Gasteiger partial charge on any atom is -0.459 e. The molecule has 0 saturated carbocycles. The van der Waals surface area contributed by atoms with Crippen LogP contribution in [0.4, 0.5) is 5.69 Å². The van der Waals surface area contributed by atoms with E-state index in [1.807, 2.05) is 30.3 Å². The van der Waals surface area contributed by atoms with Crippen LogP contribution in [0.2, 0.25) is 0 Å². The number of furan rings is 1. The first-order valence-electron chi connectivity index (χ1n) is 9.76. The lowest BCUT2D eigenvalue weighted by Crippen LogP contribution is -2.32. The normalized spacial score (nSPS) is 18.6. The average molecular weight is 423 g/mol. The van der Waals surface area contributed by atoms with E-state index in [9.17, 15) is 10.1 Å². The fourth-order valence-electron chi connectivity index (χ4n) is 3.72. The number of hydrogen-bond donors (Lipinski definition) is 1. The van der Waals surface area contributed by atoms with Gasteiger partial charge in [0.15, 0.2) is 5.11 Å². The van der Waals surface area contributed by atoms with Crippen molar-refractivity contribution < 1.29 is 9.34 Å². The Hall–Kier alpha value is -3.26. The van der Waals surface area contributed by atoms with Crippen molar-refractivity contribution in [3.8, 4) is 11.3 Å². The Labute approximate surface area is 179 Å². The van der Waals surface area contributed by atoms with E-state index >= 15 is 0 Å². The number of rotatable bonds is 6. The molecule has 1 aliphatic heterocycles. The summed E-state index contributed by atoms with van der Waals surface area (Å²) in [4.78, 5) is 17.2. The molecule has 0 amide bonds. The fraction of sp³-hybridized carbons (Fsp3) is 0.273. The molecule has 1 fully saturated rings. The molecule has 1 N–H and O–H groups in total. The fourth-order valence-corrected chi connectivity index (χ4v) is 4.03. The van der Waals surface area contributed by atoms with Crippen LogP contribution in [0, 0.1) is 16.0 Å². The molecule has 1 aromatic carbocycles. The highest BCUT2D eigenvalue weighted by Crippen LogP contribution is 2.40. The van der Waals surface area contributed by atoms with Crippen LogP contribution in [-0.4, -0.2) is 26.5 Å². The van der Waals surface area contributed by atoms with Crippen LogP contribution in [-0.2, 0) is 0 Å². The summed E-state index contributed by atoms with van der Waals surface area (Å²) < 4.78 is 6.23. The van der Waals surface area contributed by atoms with Crippen LogP contribution >= 0.6 is 12.2 Å². The first kappa shape index (κ1) is 20.0. The average Bonchev–Trinajstić information content (AvgIpc) is 3.33. The highest BCUT2D eigenvalue weighted by atomic mass is 32.1. The molecule has 2 aromatic heterocycles. The SMILES string of the molecule is CC(C)CN1C(=S)NC(c2ccccn2)C1c1ccc(-c2ccc([N+](=O)[O-])cc2)o1. The quantitative estimate of drug-likeness (QED) is 0.344. The van der Waals surface area contributed by atoms with Gasteiger partial charge in [0, 0.05) is 30.4 Å². The molecular formula is C22H22N4O3S. The molecule has 0 aliphatic carbocycles. The number of pyridine rings is 1. The van der Waals surface area contributed by atoms with E-state index in [0.29, 0.717) is 16.8 Å². The molecule has 4 rings (SSSR count). The zero-order chi connectivity index (χ0) is 21.3. The van der Waals surface area contributed by atoms with Gasteiger partial charge in [-0.3, -0.25) is 15.1 Å². The van der Waals surface area contributed by atoms with Crippen molar-refractivity contribution in [2.24, 2.45) is 5.92 Å². The largest absolute Gasteiger partial charge is 0.459 e.